The molecule has 0 unspecified atom stereocenters. The van der Waals surface area contributed by atoms with Crippen molar-refractivity contribution in [3.05, 3.63) is 64.7 Å². The Balaban J connectivity index is 1.79. The lowest BCUT2D eigenvalue weighted by molar-refractivity contribution is 0.0697. The zero-order valence-electron chi connectivity index (χ0n) is 14.8. The molecule has 0 aromatic heterocycles. The second-order valence-electron chi connectivity index (χ2n) is 6.64. The third-order valence-corrected chi connectivity index (χ3v) is 6.57. The number of carboxylic acid groups (broad SMARTS) is 1. The molecule has 1 aliphatic rings. The molecule has 2 aromatic carbocycles. The SMILES string of the molecule is CN(C)S(=O)(=O)c1cccc2c1CCN(Cc1ccc(C(=O)O)cc1)C2. The van der Waals surface area contributed by atoms with Gasteiger partial charge in [0.05, 0.1) is 10.5 Å². The third-order valence-electron chi connectivity index (χ3n) is 4.67. The second kappa shape index (κ2) is 7.19. The quantitative estimate of drug-likeness (QED) is 0.868. The Morgan fingerprint density at radius 1 is 1.15 bits per heavy atom. The maximum atomic E-state index is 12.5. The largest absolute Gasteiger partial charge is 0.478 e. The fourth-order valence-corrected chi connectivity index (χ4v) is 4.41. The van der Waals surface area contributed by atoms with Gasteiger partial charge in [0.1, 0.15) is 0 Å². The lowest BCUT2D eigenvalue weighted by Crippen LogP contribution is -2.32. The number of carbonyl (C=O) groups is 1. The Bertz CT molecular complexity index is 921. The van der Waals surface area contributed by atoms with Crippen LogP contribution >= 0.6 is 0 Å². The van der Waals surface area contributed by atoms with Crippen molar-refractivity contribution in [2.24, 2.45) is 0 Å². The van der Waals surface area contributed by atoms with Crippen molar-refractivity contribution < 1.29 is 18.3 Å². The highest BCUT2D eigenvalue weighted by Gasteiger charge is 2.26. The number of nitrogens with zero attached hydrogens (tertiary/aromatic N) is 2. The Morgan fingerprint density at radius 2 is 1.85 bits per heavy atom. The van der Waals surface area contributed by atoms with Gasteiger partial charge in [-0.1, -0.05) is 24.3 Å². The topological polar surface area (TPSA) is 77.9 Å². The molecule has 0 atom stereocenters. The number of sulfonamides is 1. The van der Waals surface area contributed by atoms with Crippen molar-refractivity contribution >= 4 is 16.0 Å². The van der Waals surface area contributed by atoms with E-state index in [1.165, 1.54) is 4.31 Å². The predicted molar refractivity (Wildman–Crippen MR) is 98.5 cm³/mol. The van der Waals surface area contributed by atoms with E-state index < -0.39 is 16.0 Å². The number of hydrogen-bond acceptors (Lipinski definition) is 4. The van der Waals surface area contributed by atoms with E-state index in [1.807, 2.05) is 18.2 Å². The zero-order valence-corrected chi connectivity index (χ0v) is 15.7. The standard InChI is InChI=1S/C19H22N2O4S/c1-20(2)26(24,25)18-5-3-4-16-13-21(11-10-17(16)18)12-14-6-8-15(9-7-14)19(22)23/h3-9H,10-13H2,1-2H3,(H,22,23). The summed E-state index contributed by atoms with van der Waals surface area (Å²) in [5.74, 6) is -0.932. The molecule has 6 nitrogen and oxygen atoms in total. The summed E-state index contributed by atoms with van der Waals surface area (Å²) < 4.78 is 26.3. The summed E-state index contributed by atoms with van der Waals surface area (Å²) in [5.41, 5.74) is 3.24. The van der Waals surface area contributed by atoms with Crippen molar-refractivity contribution in [3.63, 3.8) is 0 Å². The van der Waals surface area contributed by atoms with Crippen LogP contribution in [0.15, 0.2) is 47.4 Å². The predicted octanol–water partition coefficient (Wildman–Crippen LogP) is 2.19. The van der Waals surface area contributed by atoms with Crippen LogP contribution in [0, 0.1) is 0 Å². The summed E-state index contributed by atoms with van der Waals surface area (Å²) in [6, 6.07) is 12.3. The molecule has 0 amide bonds. The normalized spacial score (nSPS) is 15.0. The van der Waals surface area contributed by atoms with E-state index >= 15 is 0 Å². The van der Waals surface area contributed by atoms with E-state index in [1.54, 1.807) is 38.4 Å². The lowest BCUT2D eigenvalue weighted by Gasteiger charge is -2.30. The van der Waals surface area contributed by atoms with Crippen LogP contribution in [0.25, 0.3) is 0 Å². The highest BCUT2D eigenvalue weighted by molar-refractivity contribution is 7.89. The highest BCUT2D eigenvalue weighted by Crippen LogP contribution is 2.28. The van der Waals surface area contributed by atoms with Crippen LogP contribution in [0.1, 0.15) is 27.0 Å². The molecule has 7 heteroatoms. The van der Waals surface area contributed by atoms with Gasteiger partial charge in [-0.3, -0.25) is 4.90 Å². The number of aromatic carboxylic acids is 1. The van der Waals surface area contributed by atoms with Gasteiger partial charge in [-0.15, -0.1) is 0 Å². The Kier molecular flexibility index (Phi) is 5.13. The van der Waals surface area contributed by atoms with Gasteiger partial charge in [-0.25, -0.2) is 17.5 Å². The summed E-state index contributed by atoms with van der Waals surface area (Å²) >= 11 is 0. The summed E-state index contributed by atoms with van der Waals surface area (Å²) in [5, 5.41) is 8.97. The van der Waals surface area contributed by atoms with E-state index in [2.05, 4.69) is 4.90 Å². The lowest BCUT2D eigenvalue weighted by atomic mass is 9.99. The second-order valence-corrected chi connectivity index (χ2v) is 8.76. The first-order valence-corrected chi connectivity index (χ1v) is 9.81. The average Bonchev–Trinajstić information content (AvgIpc) is 2.61. The van der Waals surface area contributed by atoms with Gasteiger partial charge in [0, 0.05) is 33.7 Å². The minimum absolute atomic E-state index is 0.274. The van der Waals surface area contributed by atoms with E-state index in [4.69, 9.17) is 5.11 Å². The molecule has 0 radical (unpaired) electrons. The Morgan fingerprint density at radius 3 is 2.46 bits per heavy atom. The molecule has 0 spiro atoms. The number of benzene rings is 2. The molecule has 1 heterocycles. The van der Waals surface area contributed by atoms with E-state index in [9.17, 15) is 13.2 Å². The fraction of sp³-hybridized carbons (Fsp3) is 0.316. The van der Waals surface area contributed by atoms with Gasteiger partial charge in [-0.05, 0) is 41.3 Å². The van der Waals surface area contributed by atoms with Crippen LogP contribution in [0.3, 0.4) is 0 Å². The van der Waals surface area contributed by atoms with Crippen LogP contribution in [-0.4, -0.2) is 49.3 Å². The molecule has 1 N–H and O–H groups in total. The molecule has 0 fully saturated rings. The third kappa shape index (κ3) is 3.65. The first kappa shape index (κ1) is 18.6. The number of hydrogen-bond donors (Lipinski definition) is 1. The molecule has 0 bridgehead atoms. The number of rotatable bonds is 5. The van der Waals surface area contributed by atoms with Crippen LogP contribution < -0.4 is 0 Å². The molecular weight excluding hydrogens is 352 g/mol. The smallest absolute Gasteiger partial charge is 0.335 e. The summed E-state index contributed by atoms with van der Waals surface area (Å²) in [4.78, 5) is 13.6. The van der Waals surface area contributed by atoms with E-state index in [0.717, 1.165) is 23.2 Å². The van der Waals surface area contributed by atoms with Gasteiger partial charge < -0.3 is 5.11 Å². The maximum absolute atomic E-state index is 12.5. The Hall–Kier alpha value is -2.22. The first-order valence-electron chi connectivity index (χ1n) is 8.37. The highest BCUT2D eigenvalue weighted by atomic mass is 32.2. The van der Waals surface area contributed by atoms with Crippen LogP contribution in [-0.2, 0) is 29.5 Å². The van der Waals surface area contributed by atoms with Gasteiger partial charge in [-0.2, -0.15) is 0 Å². The van der Waals surface area contributed by atoms with Crippen LogP contribution in [0.5, 0.6) is 0 Å². The Labute approximate surface area is 153 Å². The fourth-order valence-electron chi connectivity index (χ4n) is 3.22. The van der Waals surface area contributed by atoms with Gasteiger partial charge in [0.15, 0.2) is 0 Å². The molecule has 1 aliphatic heterocycles. The van der Waals surface area contributed by atoms with E-state index in [-0.39, 0.29) is 5.56 Å². The number of carboxylic acids is 1. The molecule has 0 saturated heterocycles. The molecule has 0 aliphatic carbocycles. The van der Waals surface area contributed by atoms with Gasteiger partial charge in [0.2, 0.25) is 10.0 Å². The first-order chi connectivity index (χ1) is 12.3. The summed E-state index contributed by atoms with van der Waals surface area (Å²) in [7, 11) is -0.356. The van der Waals surface area contributed by atoms with Crippen molar-refractivity contribution in [1.82, 2.24) is 9.21 Å². The van der Waals surface area contributed by atoms with Crippen molar-refractivity contribution in [2.45, 2.75) is 24.4 Å². The molecular formula is C19H22N2O4S. The van der Waals surface area contributed by atoms with Crippen LogP contribution in [0.4, 0.5) is 0 Å². The maximum Gasteiger partial charge on any atom is 0.335 e. The minimum atomic E-state index is -3.45. The van der Waals surface area contributed by atoms with Crippen LogP contribution in [0.2, 0.25) is 0 Å². The van der Waals surface area contributed by atoms with Crippen molar-refractivity contribution in [1.29, 1.82) is 0 Å². The van der Waals surface area contributed by atoms with Crippen molar-refractivity contribution in [2.75, 3.05) is 20.6 Å². The molecule has 2 aromatic rings. The minimum Gasteiger partial charge on any atom is -0.478 e. The molecule has 0 saturated carbocycles. The van der Waals surface area contributed by atoms with Crippen molar-refractivity contribution in [3.8, 4) is 0 Å². The van der Waals surface area contributed by atoms with Gasteiger partial charge >= 0.3 is 5.97 Å². The molecule has 3 rings (SSSR count). The number of fused-ring (bicyclic) bond motifs is 1. The summed E-state index contributed by atoms with van der Waals surface area (Å²) in [6.07, 6.45) is 0.672. The zero-order chi connectivity index (χ0) is 18.9. The molecule has 26 heavy (non-hydrogen) atoms. The monoisotopic (exact) mass is 374 g/mol. The van der Waals surface area contributed by atoms with E-state index in [0.29, 0.717) is 24.4 Å². The average molecular weight is 374 g/mol. The molecule has 138 valence electrons. The van der Waals surface area contributed by atoms with Gasteiger partial charge in [0.25, 0.3) is 0 Å². The summed E-state index contributed by atoms with van der Waals surface area (Å²) in [6.45, 7) is 2.13.